The van der Waals surface area contributed by atoms with Crippen LogP contribution >= 0.6 is 0 Å². The molecule has 27 heavy (non-hydrogen) atoms. The largest absolute Gasteiger partial charge is 0.351 e. The van der Waals surface area contributed by atoms with Gasteiger partial charge in [0.15, 0.2) is 0 Å². The lowest BCUT2D eigenvalue weighted by molar-refractivity contribution is 0.0951. The van der Waals surface area contributed by atoms with Crippen LogP contribution in [0.15, 0.2) is 60.2 Å². The fraction of sp³-hybridized carbons (Fsp3) is 0.292. The molecular formula is C24H26N2O. The van der Waals surface area contributed by atoms with Gasteiger partial charge in [-0.3, -0.25) is 4.79 Å². The first kappa shape index (κ1) is 17.6. The van der Waals surface area contributed by atoms with Crippen molar-refractivity contribution in [1.82, 2.24) is 10.3 Å². The normalized spacial score (nSPS) is 19.9. The van der Waals surface area contributed by atoms with Crippen LogP contribution in [-0.4, -0.2) is 17.4 Å². The predicted molar refractivity (Wildman–Crippen MR) is 111 cm³/mol. The summed E-state index contributed by atoms with van der Waals surface area (Å²) in [6, 6.07) is 10.8. The molecule has 3 nitrogen and oxygen atoms in total. The molecule has 1 aromatic heterocycles. The average Bonchev–Trinajstić information content (AvgIpc) is 3.02. The molecule has 0 spiro atoms. The summed E-state index contributed by atoms with van der Waals surface area (Å²) in [7, 11) is 0. The third-order valence-corrected chi connectivity index (χ3v) is 5.51. The summed E-state index contributed by atoms with van der Waals surface area (Å²) in [5, 5.41) is 3.04. The first-order chi connectivity index (χ1) is 13.1. The van der Waals surface area contributed by atoms with Gasteiger partial charge in [0.05, 0.1) is 0 Å². The molecule has 1 aliphatic heterocycles. The van der Waals surface area contributed by atoms with Crippen LogP contribution in [0.25, 0.3) is 5.57 Å². The van der Waals surface area contributed by atoms with Gasteiger partial charge in [-0.2, -0.15) is 0 Å². The Morgan fingerprint density at radius 3 is 2.70 bits per heavy atom. The zero-order valence-corrected chi connectivity index (χ0v) is 16.0. The molecular weight excluding hydrogens is 332 g/mol. The van der Waals surface area contributed by atoms with Crippen molar-refractivity contribution < 1.29 is 4.79 Å². The van der Waals surface area contributed by atoms with Gasteiger partial charge in [0, 0.05) is 18.2 Å². The number of amides is 1. The third-order valence-electron chi connectivity index (χ3n) is 5.51. The first-order valence-corrected chi connectivity index (χ1v) is 9.74. The number of benzene rings is 1. The van der Waals surface area contributed by atoms with Gasteiger partial charge in [-0.15, -0.1) is 0 Å². The van der Waals surface area contributed by atoms with Gasteiger partial charge < -0.3 is 10.3 Å². The molecule has 3 heteroatoms. The molecule has 0 radical (unpaired) electrons. The summed E-state index contributed by atoms with van der Waals surface area (Å²) < 4.78 is 0. The maximum Gasteiger partial charge on any atom is 0.268 e. The van der Waals surface area contributed by atoms with Crippen LogP contribution in [-0.2, 0) is 0 Å². The number of carbonyl (C=O) groups is 1. The van der Waals surface area contributed by atoms with Crippen LogP contribution in [0.3, 0.4) is 0 Å². The number of fused-ring (bicyclic) bond motifs is 1. The lowest BCUT2D eigenvalue weighted by Gasteiger charge is -2.15. The number of hydrogen-bond acceptors (Lipinski definition) is 1. The number of aryl methyl sites for hydroxylation is 1. The van der Waals surface area contributed by atoms with Gasteiger partial charge in [0.1, 0.15) is 5.69 Å². The molecule has 0 bridgehead atoms. The van der Waals surface area contributed by atoms with E-state index in [1.165, 1.54) is 16.7 Å². The molecule has 0 fully saturated rings. The molecule has 1 aromatic carbocycles. The highest BCUT2D eigenvalue weighted by molar-refractivity contribution is 5.96. The summed E-state index contributed by atoms with van der Waals surface area (Å²) >= 11 is 0. The van der Waals surface area contributed by atoms with Gasteiger partial charge in [-0.25, -0.2) is 0 Å². The highest BCUT2D eigenvalue weighted by atomic mass is 16.1. The van der Waals surface area contributed by atoms with Crippen LogP contribution in [0, 0.1) is 6.92 Å². The van der Waals surface area contributed by atoms with E-state index in [-0.39, 0.29) is 11.8 Å². The van der Waals surface area contributed by atoms with Crippen molar-refractivity contribution in [2.24, 2.45) is 0 Å². The number of H-pyrrole nitrogens is 1. The quantitative estimate of drug-likeness (QED) is 0.755. The van der Waals surface area contributed by atoms with Crippen LogP contribution in [0.2, 0.25) is 0 Å². The van der Waals surface area contributed by atoms with Crippen LogP contribution < -0.4 is 5.32 Å². The Hall–Kier alpha value is -2.81. The van der Waals surface area contributed by atoms with E-state index in [2.05, 4.69) is 78.8 Å². The molecule has 0 saturated heterocycles. The first-order valence-electron chi connectivity index (χ1n) is 9.74. The van der Waals surface area contributed by atoms with Crippen molar-refractivity contribution in [3.63, 3.8) is 0 Å². The predicted octanol–water partition coefficient (Wildman–Crippen LogP) is 5.27. The van der Waals surface area contributed by atoms with E-state index in [4.69, 9.17) is 0 Å². The molecule has 1 amide bonds. The molecule has 2 aromatic rings. The van der Waals surface area contributed by atoms with Crippen molar-refractivity contribution in [3.05, 3.63) is 88.3 Å². The number of aromatic nitrogens is 1. The minimum absolute atomic E-state index is 0.00647. The van der Waals surface area contributed by atoms with E-state index in [1.807, 2.05) is 0 Å². The highest BCUT2D eigenvalue weighted by Crippen LogP contribution is 2.34. The summed E-state index contributed by atoms with van der Waals surface area (Å²) in [4.78, 5) is 16.0. The summed E-state index contributed by atoms with van der Waals surface area (Å²) in [6.07, 6.45) is 11.8. The second-order valence-corrected chi connectivity index (χ2v) is 7.60. The number of nitrogens with one attached hydrogen (secondary N) is 2. The molecule has 2 aliphatic rings. The Morgan fingerprint density at radius 2 is 1.89 bits per heavy atom. The van der Waals surface area contributed by atoms with E-state index in [1.54, 1.807) is 0 Å². The van der Waals surface area contributed by atoms with Crippen LogP contribution in [0.4, 0.5) is 0 Å². The Bertz CT molecular complexity index is 941. The standard InChI is InChI=1S/C24H26N2O/c1-16-5-3-4-6-19(12-9-16)22-15-21-20(18-10-7-17(2)8-11-18)13-14-25-24(27)23(21)26-22/h4,6-12,15,20,26H,3,5,13-14H2,1-2H3,(H,25,27). The van der Waals surface area contributed by atoms with Crippen LogP contribution in [0.5, 0.6) is 0 Å². The minimum Gasteiger partial charge on any atom is -0.351 e. The van der Waals surface area contributed by atoms with E-state index in [9.17, 15) is 4.79 Å². The van der Waals surface area contributed by atoms with E-state index in [0.29, 0.717) is 12.2 Å². The monoisotopic (exact) mass is 358 g/mol. The van der Waals surface area contributed by atoms with Gasteiger partial charge in [-0.1, -0.05) is 59.7 Å². The molecule has 2 N–H and O–H groups in total. The van der Waals surface area contributed by atoms with Gasteiger partial charge in [-0.05, 0) is 55.9 Å². The zero-order valence-electron chi connectivity index (χ0n) is 16.0. The van der Waals surface area contributed by atoms with Crippen molar-refractivity contribution in [2.45, 2.75) is 39.0 Å². The molecule has 2 heterocycles. The number of hydrogen-bond donors (Lipinski definition) is 2. The van der Waals surface area contributed by atoms with E-state index < -0.39 is 0 Å². The van der Waals surface area contributed by atoms with Crippen molar-refractivity contribution in [1.29, 1.82) is 0 Å². The van der Waals surface area contributed by atoms with Crippen molar-refractivity contribution in [3.8, 4) is 0 Å². The fourth-order valence-electron chi connectivity index (χ4n) is 3.88. The van der Waals surface area contributed by atoms with Gasteiger partial charge in [0.2, 0.25) is 0 Å². The Balaban J connectivity index is 1.78. The second kappa shape index (κ2) is 7.43. The maximum atomic E-state index is 12.6. The lowest BCUT2D eigenvalue weighted by atomic mass is 9.88. The zero-order chi connectivity index (χ0) is 18.8. The second-order valence-electron chi connectivity index (χ2n) is 7.60. The Kier molecular flexibility index (Phi) is 4.85. The van der Waals surface area contributed by atoms with Crippen LogP contribution in [0.1, 0.15) is 65.0 Å². The SMILES string of the molecule is CC1=CC=C(c2cc3c([nH]2)C(=O)NCCC3c2ccc(C)cc2)C=CCC1. The number of aromatic amines is 1. The molecule has 0 saturated carbocycles. The van der Waals surface area contributed by atoms with Gasteiger partial charge in [0.25, 0.3) is 5.91 Å². The lowest BCUT2D eigenvalue weighted by Crippen LogP contribution is -2.23. The Labute approximate surface area is 160 Å². The smallest absolute Gasteiger partial charge is 0.268 e. The number of allylic oxidation sites excluding steroid dienone is 6. The number of carbonyl (C=O) groups excluding carboxylic acids is 1. The molecule has 138 valence electrons. The molecule has 4 rings (SSSR count). The summed E-state index contributed by atoms with van der Waals surface area (Å²) in [5.41, 5.74) is 7.82. The number of rotatable bonds is 2. The molecule has 1 atom stereocenters. The van der Waals surface area contributed by atoms with Crippen molar-refractivity contribution in [2.75, 3.05) is 6.54 Å². The molecule has 1 aliphatic carbocycles. The van der Waals surface area contributed by atoms with E-state index in [0.717, 1.165) is 36.1 Å². The van der Waals surface area contributed by atoms with Crippen molar-refractivity contribution >= 4 is 11.5 Å². The van der Waals surface area contributed by atoms with Gasteiger partial charge >= 0.3 is 0 Å². The highest BCUT2D eigenvalue weighted by Gasteiger charge is 2.27. The van der Waals surface area contributed by atoms with E-state index >= 15 is 0 Å². The third kappa shape index (κ3) is 3.68. The Morgan fingerprint density at radius 1 is 1.07 bits per heavy atom. The topological polar surface area (TPSA) is 44.9 Å². The minimum atomic E-state index is -0.00647. The fourth-order valence-corrected chi connectivity index (χ4v) is 3.88. The average molecular weight is 358 g/mol. The summed E-state index contributed by atoms with van der Waals surface area (Å²) in [6.45, 7) is 4.96. The summed E-state index contributed by atoms with van der Waals surface area (Å²) in [5.74, 6) is 0.216. The maximum absolute atomic E-state index is 12.6. The molecule has 1 unspecified atom stereocenters.